The molecule has 1 aliphatic heterocycles. The summed E-state index contributed by atoms with van der Waals surface area (Å²) in [6.45, 7) is 2.68. The number of aliphatic hydroxyl groups is 1. The van der Waals surface area contributed by atoms with Crippen LogP contribution in [0.1, 0.15) is 84.6 Å². The molecule has 3 fully saturated rings. The van der Waals surface area contributed by atoms with Gasteiger partial charge in [-0.1, -0.05) is 0 Å². The second-order valence-corrected chi connectivity index (χ2v) is 11.7. The van der Waals surface area contributed by atoms with Crippen LogP contribution >= 0.6 is 0 Å². The summed E-state index contributed by atoms with van der Waals surface area (Å²) in [5.41, 5.74) is 9.82. The number of carbonyl (C=O) groups is 2. The molecule has 1 aromatic carbocycles. The van der Waals surface area contributed by atoms with Crippen LogP contribution in [0.2, 0.25) is 0 Å². The lowest BCUT2D eigenvalue weighted by atomic mass is 9.95. The molecule has 4 aliphatic rings. The smallest absolute Gasteiger partial charge is 0.259 e. The van der Waals surface area contributed by atoms with Gasteiger partial charge in [-0.25, -0.2) is 9.50 Å². The van der Waals surface area contributed by atoms with Crippen LogP contribution in [0, 0.1) is 5.92 Å². The van der Waals surface area contributed by atoms with Crippen molar-refractivity contribution in [3.05, 3.63) is 41.1 Å². The summed E-state index contributed by atoms with van der Waals surface area (Å²) in [5, 5.41) is 17.2. The molecule has 2 aromatic heterocycles. The Hall–Kier alpha value is -3.66. The predicted octanol–water partition coefficient (Wildman–Crippen LogP) is 3.31. The van der Waals surface area contributed by atoms with Gasteiger partial charge in [0.2, 0.25) is 0 Å². The maximum absolute atomic E-state index is 13.6. The molecular weight excluding hydrogens is 496 g/mol. The lowest BCUT2D eigenvalue weighted by molar-refractivity contribution is 0.0625. The van der Waals surface area contributed by atoms with E-state index in [0.717, 1.165) is 49.7 Å². The minimum Gasteiger partial charge on any atom is -0.490 e. The molecule has 10 nitrogen and oxygen atoms in total. The molecule has 3 saturated carbocycles. The second kappa shape index (κ2) is 9.22. The van der Waals surface area contributed by atoms with Gasteiger partial charge < -0.3 is 25.8 Å². The number of nitrogens with two attached hydrogens (primary N) is 1. The van der Waals surface area contributed by atoms with Crippen molar-refractivity contribution in [2.24, 2.45) is 5.92 Å². The minimum absolute atomic E-state index is 0.0211. The zero-order valence-electron chi connectivity index (χ0n) is 22.1. The van der Waals surface area contributed by atoms with Crippen LogP contribution < -0.4 is 15.8 Å². The van der Waals surface area contributed by atoms with Crippen LogP contribution in [0.5, 0.6) is 5.75 Å². The number of nitrogens with one attached hydrogen (secondary N) is 1. The van der Waals surface area contributed by atoms with Crippen LogP contribution in [-0.4, -0.2) is 60.7 Å². The topological polar surface area (TPSA) is 135 Å². The molecule has 0 unspecified atom stereocenters. The van der Waals surface area contributed by atoms with Gasteiger partial charge >= 0.3 is 0 Å². The standard InChI is InChI=1S/C29H34N6O4/c1-15(16-2-3-16)34-14-18-12-17(13-23(24(18)29(34)38)39-21-8-6-20(36)7-9-21)22-10-11-35-27(32-22)25(26(30)33-35)28(37)31-19-4-5-19/h10-13,15-16,19-21,36H,2-9,14H2,1H3,(H2,30,33)(H,31,37)/t15-,20-,21-/m0/s1. The molecule has 0 radical (unpaired) electrons. The highest BCUT2D eigenvalue weighted by atomic mass is 16.5. The first-order valence-corrected chi connectivity index (χ1v) is 14.1. The number of ether oxygens (including phenoxy) is 1. The van der Waals surface area contributed by atoms with E-state index in [4.69, 9.17) is 15.5 Å². The zero-order chi connectivity index (χ0) is 26.8. The largest absolute Gasteiger partial charge is 0.490 e. The van der Waals surface area contributed by atoms with Crippen LogP contribution in [-0.2, 0) is 6.54 Å². The number of anilines is 1. The van der Waals surface area contributed by atoms with Crippen LogP contribution in [0.15, 0.2) is 24.4 Å². The Morgan fingerprint density at radius 1 is 1.15 bits per heavy atom. The Bertz CT molecular complexity index is 1470. The third-order valence-electron chi connectivity index (χ3n) is 8.68. The van der Waals surface area contributed by atoms with Gasteiger partial charge in [-0.2, -0.15) is 0 Å². The number of nitrogen functional groups attached to an aromatic ring is 1. The molecule has 10 heteroatoms. The van der Waals surface area contributed by atoms with Crippen molar-refractivity contribution in [2.75, 3.05) is 5.73 Å². The molecular formula is C29H34N6O4. The highest BCUT2D eigenvalue weighted by Crippen LogP contribution is 2.42. The van der Waals surface area contributed by atoms with Gasteiger partial charge in [0.25, 0.3) is 11.8 Å². The number of hydrogen-bond donors (Lipinski definition) is 3. The number of fused-ring (bicyclic) bond motifs is 2. The number of amides is 2. The number of aromatic nitrogens is 3. The summed E-state index contributed by atoms with van der Waals surface area (Å²) in [5.74, 6) is 1.03. The Kier molecular flexibility index (Phi) is 5.77. The first-order chi connectivity index (χ1) is 18.9. The first kappa shape index (κ1) is 24.4. The lowest BCUT2D eigenvalue weighted by Crippen LogP contribution is -2.35. The van der Waals surface area contributed by atoms with E-state index in [1.807, 2.05) is 23.1 Å². The van der Waals surface area contributed by atoms with Gasteiger partial charge in [0.1, 0.15) is 11.3 Å². The van der Waals surface area contributed by atoms with Gasteiger partial charge in [0.05, 0.1) is 23.5 Å². The Morgan fingerprint density at radius 2 is 1.92 bits per heavy atom. The fourth-order valence-electron chi connectivity index (χ4n) is 6.00. The van der Waals surface area contributed by atoms with E-state index < -0.39 is 0 Å². The van der Waals surface area contributed by atoms with E-state index in [1.165, 1.54) is 4.52 Å². The van der Waals surface area contributed by atoms with Crippen molar-refractivity contribution in [3.63, 3.8) is 0 Å². The fourth-order valence-corrected chi connectivity index (χ4v) is 6.00. The van der Waals surface area contributed by atoms with Crippen molar-refractivity contribution in [1.29, 1.82) is 0 Å². The van der Waals surface area contributed by atoms with Crippen LogP contribution in [0.3, 0.4) is 0 Å². The summed E-state index contributed by atoms with van der Waals surface area (Å²) in [4.78, 5) is 33.4. The molecule has 0 saturated heterocycles. The van der Waals surface area contributed by atoms with Crippen molar-refractivity contribution < 1.29 is 19.4 Å². The zero-order valence-corrected chi connectivity index (χ0v) is 22.1. The molecule has 7 rings (SSSR count). The van der Waals surface area contributed by atoms with E-state index in [0.29, 0.717) is 48.0 Å². The average molecular weight is 531 g/mol. The SMILES string of the molecule is C[C@@H](C1CC1)N1Cc2cc(-c3ccn4nc(N)c(C(=O)NC5CC5)c4n3)cc(O[C@H]3CC[C@H](O)CC3)c2C1=O. The molecule has 3 aliphatic carbocycles. The van der Waals surface area contributed by atoms with E-state index in [9.17, 15) is 14.7 Å². The van der Waals surface area contributed by atoms with Gasteiger partial charge in [0.15, 0.2) is 11.5 Å². The number of hydrogen-bond acceptors (Lipinski definition) is 7. The third kappa shape index (κ3) is 4.50. The molecule has 0 spiro atoms. The quantitative estimate of drug-likeness (QED) is 0.427. The second-order valence-electron chi connectivity index (χ2n) is 11.7. The number of carbonyl (C=O) groups excluding carboxylic acids is 2. The predicted molar refractivity (Wildman–Crippen MR) is 144 cm³/mol. The summed E-state index contributed by atoms with van der Waals surface area (Å²) < 4.78 is 8.03. The number of aliphatic hydroxyl groups excluding tert-OH is 1. The first-order valence-electron chi connectivity index (χ1n) is 14.1. The molecule has 3 aromatic rings. The van der Waals surface area contributed by atoms with Gasteiger partial charge in [0, 0.05) is 30.4 Å². The van der Waals surface area contributed by atoms with E-state index in [1.54, 1.807) is 6.20 Å². The molecule has 4 N–H and O–H groups in total. The van der Waals surface area contributed by atoms with E-state index in [-0.39, 0.29) is 47.5 Å². The van der Waals surface area contributed by atoms with Crippen molar-refractivity contribution >= 4 is 23.3 Å². The number of benzene rings is 1. The fraction of sp³-hybridized carbons (Fsp3) is 0.517. The molecule has 204 valence electrons. The van der Waals surface area contributed by atoms with E-state index >= 15 is 0 Å². The molecule has 1 atom stereocenters. The third-order valence-corrected chi connectivity index (χ3v) is 8.68. The summed E-state index contributed by atoms with van der Waals surface area (Å²) >= 11 is 0. The molecule has 2 amide bonds. The Morgan fingerprint density at radius 3 is 2.64 bits per heavy atom. The Balaban J connectivity index is 1.28. The molecule has 3 heterocycles. The monoisotopic (exact) mass is 530 g/mol. The molecule has 39 heavy (non-hydrogen) atoms. The number of nitrogens with zero attached hydrogens (tertiary/aromatic N) is 4. The maximum Gasteiger partial charge on any atom is 0.259 e. The summed E-state index contributed by atoms with van der Waals surface area (Å²) in [6, 6.07) is 6.13. The highest BCUT2D eigenvalue weighted by Gasteiger charge is 2.40. The van der Waals surface area contributed by atoms with Crippen molar-refractivity contribution in [2.45, 2.75) is 89.1 Å². The highest BCUT2D eigenvalue weighted by molar-refractivity contribution is 6.05. The summed E-state index contributed by atoms with van der Waals surface area (Å²) in [7, 11) is 0. The van der Waals surface area contributed by atoms with Gasteiger partial charge in [-0.05, 0) is 88.0 Å². The van der Waals surface area contributed by atoms with Gasteiger partial charge in [-0.15, -0.1) is 5.10 Å². The van der Waals surface area contributed by atoms with Crippen LogP contribution in [0.25, 0.3) is 16.9 Å². The van der Waals surface area contributed by atoms with E-state index in [2.05, 4.69) is 17.3 Å². The normalized spacial score (nSPS) is 23.6. The van der Waals surface area contributed by atoms with Gasteiger partial charge in [-0.3, -0.25) is 9.59 Å². The Labute approximate surface area is 226 Å². The minimum atomic E-state index is -0.288. The maximum atomic E-state index is 13.6. The summed E-state index contributed by atoms with van der Waals surface area (Å²) in [6.07, 6.45) is 8.55. The van der Waals surface area contributed by atoms with Crippen LogP contribution in [0.4, 0.5) is 5.82 Å². The van der Waals surface area contributed by atoms with Crippen molar-refractivity contribution in [1.82, 2.24) is 24.8 Å². The lowest BCUT2D eigenvalue weighted by Gasteiger charge is -2.27. The number of rotatable bonds is 7. The van der Waals surface area contributed by atoms with Crippen molar-refractivity contribution in [3.8, 4) is 17.0 Å². The molecule has 0 bridgehead atoms. The average Bonchev–Trinajstić information content (AvgIpc) is 3.85.